The van der Waals surface area contributed by atoms with Crippen molar-refractivity contribution in [1.82, 2.24) is 39.6 Å². The van der Waals surface area contributed by atoms with Crippen LogP contribution in [0.15, 0.2) is 85.5 Å². The predicted octanol–water partition coefficient (Wildman–Crippen LogP) is 4.60. The Morgan fingerprint density at radius 2 is 1.88 bits per heavy atom. The van der Waals surface area contributed by atoms with Gasteiger partial charge in [0.15, 0.2) is 17.3 Å². The van der Waals surface area contributed by atoms with Gasteiger partial charge in [-0.15, -0.1) is 0 Å². The van der Waals surface area contributed by atoms with Gasteiger partial charge in [0.2, 0.25) is 5.88 Å². The van der Waals surface area contributed by atoms with E-state index in [0.29, 0.717) is 40.1 Å². The minimum atomic E-state index is -0.143. The highest BCUT2D eigenvalue weighted by Crippen LogP contribution is 2.36. The standard InChI is InChI=1S/C32H27N9O2/c33-29-24(3-1-13-35-29)30-37-26-10-11-27(40-16-2-14-36-40)39-31(26)41(30)21-5-8-23-19(17-21)4-9-25(23)38-32(42)20-12-15-34-28(18-20)43-22-6-7-22/h1-3,5,8,10-18,22,25H,4,6-7,9H2,(H2,33,35)(H,38,42)/t25-/m0/s1. The van der Waals surface area contributed by atoms with Crippen molar-refractivity contribution in [3.63, 3.8) is 0 Å². The Morgan fingerprint density at radius 3 is 2.72 bits per heavy atom. The number of aromatic nitrogens is 7. The van der Waals surface area contributed by atoms with E-state index in [4.69, 9.17) is 20.4 Å². The van der Waals surface area contributed by atoms with Crippen molar-refractivity contribution >= 4 is 22.9 Å². The molecule has 1 atom stereocenters. The first kappa shape index (κ1) is 25.2. The molecule has 5 heterocycles. The van der Waals surface area contributed by atoms with E-state index in [1.807, 2.05) is 47.2 Å². The third-order valence-corrected chi connectivity index (χ3v) is 7.89. The lowest BCUT2D eigenvalue weighted by Crippen LogP contribution is -2.27. The molecule has 5 aromatic heterocycles. The number of nitrogens with one attached hydrogen (secondary N) is 1. The van der Waals surface area contributed by atoms with Gasteiger partial charge in [-0.2, -0.15) is 5.10 Å². The first-order valence-electron chi connectivity index (χ1n) is 14.3. The number of nitrogen functional groups attached to an aromatic ring is 1. The zero-order valence-corrected chi connectivity index (χ0v) is 23.1. The van der Waals surface area contributed by atoms with Crippen LogP contribution in [0.1, 0.15) is 46.8 Å². The number of pyridine rings is 3. The van der Waals surface area contributed by atoms with Crippen molar-refractivity contribution in [2.45, 2.75) is 37.8 Å². The third-order valence-electron chi connectivity index (χ3n) is 7.89. The highest BCUT2D eigenvalue weighted by molar-refractivity contribution is 5.94. The Labute approximate surface area is 246 Å². The Hall–Kier alpha value is -5.58. The highest BCUT2D eigenvalue weighted by atomic mass is 16.5. The summed E-state index contributed by atoms with van der Waals surface area (Å²) in [4.78, 5) is 31.6. The van der Waals surface area contributed by atoms with Crippen LogP contribution in [0.5, 0.6) is 5.88 Å². The zero-order valence-electron chi connectivity index (χ0n) is 23.1. The number of hydrogen-bond acceptors (Lipinski definition) is 8. The first-order valence-corrected chi connectivity index (χ1v) is 14.3. The number of amides is 1. The average molecular weight is 570 g/mol. The van der Waals surface area contributed by atoms with Crippen molar-refractivity contribution in [3.8, 4) is 28.8 Å². The summed E-state index contributed by atoms with van der Waals surface area (Å²) in [5, 5.41) is 7.56. The third kappa shape index (κ3) is 4.64. The van der Waals surface area contributed by atoms with Crippen LogP contribution in [0.2, 0.25) is 0 Å². The van der Waals surface area contributed by atoms with Crippen molar-refractivity contribution in [2.75, 3.05) is 5.73 Å². The average Bonchev–Trinajstić information content (AvgIpc) is 3.39. The Balaban J connectivity index is 1.15. The number of imidazole rings is 1. The summed E-state index contributed by atoms with van der Waals surface area (Å²) in [6.07, 6.45) is 10.8. The molecule has 0 unspecified atom stereocenters. The molecular weight excluding hydrogens is 542 g/mol. The van der Waals surface area contributed by atoms with Crippen LogP contribution < -0.4 is 15.8 Å². The molecule has 11 heteroatoms. The van der Waals surface area contributed by atoms with Gasteiger partial charge >= 0.3 is 0 Å². The largest absolute Gasteiger partial charge is 0.474 e. The molecule has 2 aliphatic carbocycles. The van der Waals surface area contributed by atoms with E-state index in [9.17, 15) is 4.79 Å². The molecule has 8 rings (SSSR count). The van der Waals surface area contributed by atoms with E-state index >= 15 is 0 Å². The smallest absolute Gasteiger partial charge is 0.252 e. The van der Waals surface area contributed by atoms with E-state index in [1.54, 1.807) is 35.4 Å². The van der Waals surface area contributed by atoms with Gasteiger partial charge in [0.05, 0.1) is 11.6 Å². The van der Waals surface area contributed by atoms with E-state index in [1.165, 1.54) is 0 Å². The SMILES string of the molecule is Nc1ncccc1-c1nc2ccc(-n3cccn3)nc2n1-c1ccc2c(c1)CC[C@@H]2NC(=O)c1ccnc(OC2CC2)c1. The summed E-state index contributed by atoms with van der Waals surface area (Å²) < 4.78 is 9.51. The number of carbonyl (C=O) groups excluding carboxylic acids is 1. The zero-order chi connectivity index (χ0) is 28.9. The number of rotatable bonds is 7. The number of nitrogens with two attached hydrogens (primary N) is 1. The molecule has 6 aromatic rings. The minimum absolute atomic E-state index is 0.102. The van der Waals surface area contributed by atoms with Crippen LogP contribution in [0.25, 0.3) is 34.1 Å². The lowest BCUT2D eigenvalue weighted by molar-refractivity contribution is 0.0936. The van der Waals surface area contributed by atoms with Gasteiger partial charge in [-0.05, 0) is 85.3 Å². The minimum Gasteiger partial charge on any atom is -0.474 e. The Morgan fingerprint density at radius 1 is 0.953 bits per heavy atom. The molecule has 1 saturated carbocycles. The quantitative estimate of drug-likeness (QED) is 0.284. The maximum atomic E-state index is 13.2. The molecule has 0 bridgehead atoms. The Bertz CT molecular complexity index is 2000. The number of aryl methyl sites for hydroxylation is 1. The van der Waals surface area contributed by atoms with E-state index in [-0.39, 0.29) is 18.1 Å². The highest BCUT2D eigenvalue weighted by Gasteiger charge is 2.27. The number of fused-ring (bicyclic) bond motifs is 2. The lowest BCUT2D eigenvalue weighted by atomic mass is 10.1. The molecule has 0 radical (unpaired) electrons. The molecule has 0 saturated heterocycles. The molecule has 1 aromatic carbocycles. The van der Waals surface area contributed by atoms with Crippen LogP contribution in [0.4, 0.5) is 5.82 Å². The summed E-state index contributed by atoms with van der Waals surface area (Å²) in [6, 6.07) is 19.0. The molecular formula is C32H27N9O2. The second-order valence-corrected chi connectivity index (χ2v) is 10.8. The fourth-order valence-electron chi connectivity index (χ4n) is 5.62. The summed E-state index contributed by atoms with van der Waals surface area (Å²) in [5.41, 5.74) is 12.1. The number of ether oxygens (including phenoxy) is 1. The number of benzene rings is 1. The van der Waals surface area contributed by atoms with Crippen LogP contribution >= 0.6 is 0 Å². The van der Waals surface area contributed by atoms with Gasteiger partial charge in [-0.3, -0.25) is 9.36 Å². The second kappa shape index (κ2) is 10.1. The topological polar surface area (TPSA) is 139 Å². The number of hydrogen-bond donors (Lipinski definition) is 2. The number of carbonyl (C=O) groups is 1. The van der Waals surface area contributed by atoms with Gasteiger partial charge in [0, 0.05) is 42.1 Å². The first-order chi connectivity index (χ1) is 21.1. The fraction of sp³-hybridized carbons (Fsp3) is 0.188. The van der Waals surface area contributed by atoms with Crippen LogP contribution in [0.3, 0.4) is 0 Å². The van der Waals surface area contributed by atoms with Crippen molar-refractivity contribution in [2.24, 2.45) is 0 Å². The van der Waals surface area contributed by atoms with Crippen molar-refractivity contribution < 1.29 is 9.53 Å². The molecule has 1 fully saturated rings. The van der Waals surface area contributed by atoms with E-state index in [2.05, 4.69) is 32.5 Å². The van der Waals surface area contributed by atoms with Crippen LogP contribution in [-0.2, 0) is 6.42 Å². The molecule has 3 N–H and O–H groups in total. The summed E-state index contributed by atoms with van der Waals surface area (Å²) in [6.45, 7) is 0. The van der Waals surface area contributed by atoms with Crippen LogP contribution in [0, 0.1) is 0 Å². The maximum Gasteiger partial charge on any atom is 0.252 e. The number of anilines is 1. The van der Waals surface area contributed by atoms with Gasteiger partial charge < -0.3 is 15.8 Å². The molecule has 1 amide bonds. The van der Waals surface area contributed by atoms with Crippen molar-refractivity contribution in [1.29, 1.82) is 0 Å². The van der Waals surface area contributed by atoms with Gasteiger partial charge in [-0.25, -0.2) is 24.6 Å². The van der Waals surface area contributed by atoms with Gasteiger partial charge in [0.25, 0.3) is 5.91 Å². The van der Waals surface area contributed by atoms with E-state index < -0.39 is 0 Å². The molecule has 0 aliphatic heterocycles. The molecule has 2 aliphatic rings. The summed E-state index contributed by atoms with van der Waals surface area (Å²) in [7, 11) is 0. The molecule has 11 nitrogen and oxygen atoms in total. The second-order valence-electron chi connectivity index (χ2n) is 10.8. The monoisotopic (exact) mass is 569 g/mol. The fourth-order valence-corrected chi connectivity index (χ4v) is 5.62. The maximum absolute atomic E-state index is 13.2. The van der Waals surface area contributed by atoms with Crippen molar-refractivity contribution in [3.05, 3.63) is 102 Å². The molecule has 212 valence electrons. The predicted molar refractivity (Wildman–Crippen MR) is 160 cm³/mol. The molecule has 0 spiro atoms. The summed E-state index contributed by atoms with van der Waals surface area (Å²) >= 11 is 0. The van der Waals surface area contributed by atoms with Crippen LogP contribution in [-0.4, -0.2) is 46.3 Å². The van der Waals surface area contributed by atoms with E-state index in [0.717, 1.165) is 48.0 Å². The van der Waals surface area contributed by atoms with Gasteiger partial charge in [-0.1, -0.05) is 6.07 Å². The Kier molecular flexibility index (Phi) is 5.88. The normalized spacial score (nSPS) is 15.9. The van der Waals surface area contributed by atoms with Gasteiger partial charge in [0.1, 0.15) is 17.4 Å². The summed E-state index contributed by atoms with van der Waals surface area (Å²) in [5.74, 6) is 2.06. The number of nitrogens with zero attached hydrogens (tertiary/aromatic N) is 7. The lowest BCUT2D eigenvalue weighted by Gasteiger charge is -2.16. The molecule has 43 heavy (non-hydrogen) atoms.